The number of aliphatic hydroxyl groups is 1. The predicted molar refractivity (Wildman–Crippen MR) is 113 cm³/mol. The SMILES string of the molecule is CC(C)(C)[Si](OCC1SCC(O)S1)(c1ccccc1)c1ccccc1. The number of benzene rings is 2. The minimum atomic E-state index is -2.45. The fourth-order valence-corrected chi connectivity index (χ4v) is 10.8. The van der Waals surface area contributed by atoms with Gasteiger partial charge in [-0.3, -0.25) is 0 Å². The van der Waals surface area contributed by atoms with Gasteiger partial charge in [-0.05, 0) is 15.4 Å². The molecule has 2 atom stereocenters. The Morgan fingerprint density at radius 1 is 1.00 bits per heavy atom. The van der Waals surface area contributed by atoms with E-state index in [1.54, 1.807) is 23.5 Å². The van der Waals surface area contributed by atoms with Crippen molar-refractivity contribution in [1.29, 1.82) is 0 Å². The second-order valence-corrected chi connectivity index (χ2v) is 14.6. The molecule has 1 fully saturated rings. The van der Waals surface area contributed by atoms with Gasteiger partial charge in [0, 0.05) is 5.75 Å². The molecule has 1 N–H and O–H groups in total. The number of hydrogen-bond donors (Lipinski definition) is 1. The standard InChI is InChI=1S/C20H26O2S2Si/c1-20(2,3)25(16-10-6-4-7-11-16,17-12-8-5-9-13-17)22-14-19-23-15-18(21)24-19/h4-13,18-19,21H,14-15H2,1-3H3. The smallest absolute Gasteiger partial charge is 0.261 e. The summed E-state index contributed by atoms with van der Waals surface area (Å²) in [5, 5.41) is 12.4. The van der Waals surface area contributed by atoms with E-state index >= 15 is 0 Å². The molecule has 5 heteroatoms. The zero-order valence-corrected chi connectivity index (χ0v) is 17.6. The maximum Gasteiger partial charge on any atom is 0.261 e. The van der Waals surface area contributed by atoms with Crippen LogP contribution in [0.25, 0.3) is 0 Å². The van der Waals surface area contributed by atoms with Crippen LogP contribution in [-0.2, 0) is 4.43 Å². The van der Waals surface area contributed by atoms with Gasteiger partial charge in [-0.1, -0.05) is 81.4 Å². The van der Waals surface area contributed by atoms with E-state index in [2.05, 4.69) is 81.4 Å². The van der Waals surface area contributed by atoms with E-state index in [-0.39, 0.29) is 10.5 Å². The lowest BCUT2D eigenvalue weighted by atomic mass is 10.2. The van der Waals surface area contributed by atoms with Gasteiger partial charge in [0.05, 0.1) is 11.2 Å². The lowest BCUT2D eigenvalue weighted by Gasteiger charge is -2.43. The van der Waals surface area contributed by atoms with Crippen LogP contribution in [0.1, 0.15) is 20.8 Å². The van der Waals surface area contributed by atoms with Crippen molar-refractivity contribution in [3.63, 3.8) is 0 Å². The van der Waals surface area contributed by atoms with Gasteiger partial charge in [0.1, 0.15) is 5.44 Å². The third-order valence-electron chi connectivity index (χ3n) is 4.59. The van der Waals surface area contributed by atoms with Gasteiger partial charge in [-0.15, -0.1) is 23.5 Å². The first kappa shape index (κ1) is 19.0. The van der Waals surface area contributed by atoms with Gasteiger partial charge in [-0.2, -0.15) is 0 Å². The third kappa shape index (κ3) is 4.01. The molecule has 1 saturated heterocycles. The number of rotatable bonds is 5. The lowest BCUT2D eigenvalue weighted by molar-refractivity contribution is 0.288. The predicted octanol–water partition coefficient (Wildman–Crippen LogP) is 3.69. The van der Waals surface area contributed by atoms with Gasteiger partial charge in [0.15, 0.2) is 0 Å². The highest BCUT2D eigenvalue weighted by Crippen LogP contribution is 2.40. The summed E-state index contributed by atoms with van der Waals surface area (Å²) in [6, 6.07) is 21.4. The van der Waals surface area contributed by atoms with E-state index in [9.17, 15) is 5.11 Å². The molecule has 0 saturated carbocycles. The molecule has 2 nitrogen and oxygen atoms in total. The Bertz CT molecular complexity index is 634. The second-order valence-electron chi connectivity index (χ2n) is 7.33. The molecule has 1 aliphatic rings. The highest BCUT2D eigenvalue weighted by Gasteiger charge is 2.50. The molecule has 1 aliphatic heterocycles. The molecule has 3 rings (SSSR count). The van der Waals surface area contributed by atoms with Crippen LogP contribution in [0.5, 0.6) is 0 Å². The summed E-state index contributed by atoms with van der Waals surface area (Å²) in [5.74, 6) is 0.791. The van der Waals surface area contributed by atoms with Crippen molar-refractivity contribution in [3.8, 4) is 0 Å². The Balaban J connectivity index is 2.02. The van der Waals surface area contributed by atoms with Crippen LogP contribution in [-0.4, -0.2) is 35.8 Å². The molecule has 0 aliphatic carbocycles. The highest BCUT2D eigenvalue weighted by atomic mass is 32.2. The molecular formula is C20H26O2S2Si. The zero-order valence-electron chi connectivity index (χ0n) is 15.0. The minimum absolute atomic E-state index is 0.00224. The first-order chi connectivity index (χ1) is 11.9. The molecule has 0 spiro atoms. The molecule has 134 valence electrons. The largest absolute Gasteiger partial charge is 0.405 e. The molecule has 1 heterocycles. The Kier molecular flexibility index (Phi) is 6.01. The van der Waals surface area contributed by atoms with E-state index in [1.807, 2.05) is 0 Å². The zero-order chi connectivity index (χ0) is 17.9. The van der Waals surface area contributed by atoms with Gasteiger partial charge in [-0.25, -0.2) is 0 Å². The molecule has 25 heavy (non-hydrogen) atoms. The molecule has 0 radical (unpaired) electrons. The van der Waals surface area contributed by atoms with Crippen LogP contribution in [0.4, 0.5) is 0 Å². The minimum Gasteiger partial charge on any atom is -0.405 e. The second kappa shape index (κ2) is 7.88. The van der Waals surface area contributed by atoms with E-state index in [1.165, 1.54) is 10.4 Å². The Morgan fingerprint density at radius 2 is 1.52 bits per heavy atom. The van der Waals surface area contributed by atoms with Crippen molar-refractivity contribution < 1.29 is 9.53 Å². The summed E-state index contributed by atoms with van der Waals surface area (Å²) >= 11 is 3.43. The van der Waals surface area contributed by atoms with Crippen LogP contribution in [0.3, 0.4) is 0 Å². The van der Waals surface area contributed by atoms with Crippen LogP contribution >= 0.6 is 23.5 Å². The van der Waals surface area contributed by atoms with E-state index in [0.29, 0.717) is 11.2 Å². The maximum atomic E-state index is 9.82. The number of aliphatic hydroxyl groups excluding tert-OH is 1. The summed E-state index contributed by atoms with van der Waals surface area (Å²) in [6.07, 6.45) is 0. The maximum absolute atomic E-state index is 9.82. The van der Waals surface area contributed by atoms with Crippen LogP contribution in [0, 0.1) is 0 Å². The molecule has 2 unspecified atom stereocenters. The van der Waals surface area contributed by atoms with E-state index in [4.69, 9.17) is 4.43 Å². The Labute approximate surface area is 160 Å². The fourth-order valence-electron chi connectivity index (χ4n) is 3.49. The molecule has 2 aromatic rings. The van der Waals surface area contributed by atoms with Crippen molar-refractivity contribution in [2.24, 2.45) is 0 Å². The van der Waals surface area contributed by atoms with Crippen LogP contribution in [0.15, 0.2) is 60.7 Å². The molecule has 0 aromatic heterocycles. The molecule has 2 aromatic carbocycles. The Morgan fingerprint density at radius 3 is 1.92 bits per heavy atom. The normalized spacial score (nSPS) is 21.4. The average Bonchev–Trinajstić information content (AvgIpc) is 3.02. The third-order valence-corrected chi connectivity index (χ3v) is 12.5. The number of hydrogen-bond acceptors (Lipinski definition) is 4. The van der Waals surface area contributed by atoms with Crippen LogP contribution < -0.4 is 10.4 Å². The quantitative estimate of drug-likeness (QED) is 0.789. The first-order valence-corrected chi connectivity index (χ1v) is 12.5. The summed E-state index contributed by atoms with van der Waals surface area (Å²) in [6.45, 7) is 7.55. The Hall–Kier alpha value is -0.723. The van der Waals surface area contributed by atoms with Gasteiger partial charge in [0.25, 0.3) is 8.32 Å². The van der Waals surface area contributed by atoms with E-state index < -0.39 is 8.32 Å². The molecule has 0 amide bonds. The summed E-state index contributed by atoms with van der Waals surface area (Å²) in [4.78, 5) is 0. The van der Waals surface area contributed by atoms with Crippen molar-refractivity contribution in [3.05, 3.63) is 60.7 Å². The monoisotopic (exact) mass is 390 g/mol. The van der Waals surface area contributed by atoms with Crippen LogP contribution in [0.2, 0.25) is 5.04 Å². The van der Waals surface area contributed by atoms with Crippen molar-refractivity contribution in [2.75, 3.05) is 12.4 Å². The summed E-state index contributed by atoms with van der Waals surface area (Å²) in [7, 11) is -2.45. The van der Waals surface area contributed by atoms with E-state index in [0.717, 1.165) is 5.75 Å². The van der Waals surface area contributed by atoms with Gasteiger partial charge >= 0.3 is 0 Å². The van der Waals surface area contributed by atoms with Gasteiger partial charge in [0.2, 0.25) is 0 Å². The molecule has 0 bridgehead atoms. The first-order valence-electron chi connectivity index (χ1n) is 8.63. The van der Waals surface area contributed by atoms with Crippen molar-refractivity contribution >= 4 is 42.2 Å². The van der Waals surface area contributed by atoms with Crippen molar-refractivity contribution in [1.82, 2.24) is 0 Å². The number of thioether (sulfide) groups is 2. The topological polar surface area (TPSA) is 29.5 Å². The van der Waals surface area contributed by atoms with Gasteiger partial charge < -0.3 is 9.53 Å². The van der Waals surface area contributed by atoms with Crippen molar-refractivity contribution in [2.45, 2.75) is 35.8 Å². The summed E-state index contributed by atoms with van der Waals surface area (Å²) < 4.78 is 7.19. The average molecular weight is 391 g/mol. The highest BCUT2D eigenvalue weighted by molar-refractivity contribution is 8.20. The molecular weight excluding hydrogens is 364 g/mol. The summed E-state index contributed by atoms with van der Waals surface area (Å²) in [5.41, 5.74) is -0.266. The fraction of sp³-hybridized carbons (Fsp3) is 0.400. The lowest BCUT2D eigenvalue weighted by Crippen LogP contribution is -2.66.